The van der Waals surface area contributed by atoms with Crippen LogP contribution in [-0.4, -0.2) is 62.6 Å². The molecule has 1 N–H and O–H groups in total. The van der Waals surface area contributed by atoms with Crippen molar-refractivity contribution in [2.45, 2.75) is 13.0 Å². The summed E-state index contributed by atoms with van der Waals surface area (Å²) in [5, 5.41) is 2.99. The molecule has 0 radical (unpaired) electrons. The van der Waals surface area contributed by atoms with Gasteiger partial charge in [0.15, 0.2) is 11.6 Å². The molecule has 6 heteroatoms. The van der Waals surface area contributed by atoms with Gasteiger partial charge in [-0.25, -0.2) is 4.39 Å². The van der Waals surface area contributed by atoms with Gasteiger partial charge in [-0.05, 0) is 24.7 Å². The molecule has 0 saturated carbocycles. The van der Waals surface area contributed by atoms with Crippen molar-refractivity contribution in [2.24, 2.45) is 0 Å². The van der Waals surface area contributed by atoms with Crippen LogP contribution in [0, 0.1) is 5.82 Å². The number of halogens is 1. The number of ether oxygens (including phenoxy) is 1. The number of methoxy groups -OCH3 is 1. The van der Waals surface area contributed by atoms with Crippen LogP contribution >= 0.6 is 0 Å². The average molecular weight is 309 g/mol. The van der Waals surface area contributed by atoms with Gasteiger partial charge in [-0.15, -0.1) is 0 Å². The predicted molar refractivity (Wildman–Crippen MR) is 83.4 cm³/mol. The van der Waals surface area contributed by atoms with Crippen LogP contribution in [0.15, 0.2) is 18.2 Å². The second kappa shape index (κ2) is 8.10. The molecule has 5 nitrogen and oxygen atoms in total. The van der Waals surface area contributed by atoms with Crippen LogP contribution in [-0.2, 0) is 11.3 Å². The highest BCUT2D eigenvalue weighted by molar-refractivity contribution is 5.76. The number of nitrogens with zero attached hydrogens (tertiary/aromatic N) is 2. The lowest BCUT2D eigenvalue weighted by atomic mass is 10.1. The van der Waals surface area contributed by atoms with Crippen LogP contribution in [0.4, 0.5) is 4.39 Å². The van der Waals surface area contributed by atoms with Crippen molar-refractivity contribution in [1.29, 1.82) is 0 Å². The molecule has 0 unspecified atom stereocenters. The van der Waals surface area contributed by atoms with Crippen molar-refractivity contribution in [2.75, 3.05) is 46.9 Å². The van der Waals surface area contributed by atoms with Gasteiger partial charge < -0.3 is 15.0 Å². The molecule has 1 aliphatic heterocycles. The van der Waals surface area contributed by atoms with Crippen LogP contribution < -0.4 is 10.1 Å². The number of piperazine rings is 1. The SMILES string of the molecule is CNCCC(=O)N1CCN(Cc2ccc(OC)c(F)c2)CC1. The van der Waals surface area contributed by atoms with Crippen molar-refractivity contribution < 1.29 is 13.9 Å². The Kier molecular flexibility index (Phi) is 6.15. The summed E-state index contributed by atoms with van der Waals surface area (Å²) in [5.41, 5.74) is 0.924. The van der Waals surface area contributed by atoms with E-state index >= 15 is 0 Å². The van der Waals surface area contributed by atoms with Gasteiger partial charge in [0.2, 0.25) is 5.91 Å². The van der Waals surface area contributed by atoms with Gasteiger partial charge in [-0.2, -0.15) is 0 Å². The normalized spacial score (nSPS) is 15.9. The number of carbonyl (C=O) groups is 1. The number of rotatable bonds is 6. The lowest BCUT2D eigenvalue weighted by Gasteiger charge is -2.34. The van der Waals surface area contributed by atoms with E-state index in [0.717, 1.165) is 31.7 Å². The number of carbonyl (C=O) groups excluding carboxylic acids is 1. The molecular formula is C16H24FN3O2. The summed E-state index contributed by atoms with van der Waals surface area (Å²) < 4.78 is 18.6. The first-order valence-corrected chi connectivity index (χ1v) is 7.61. The maximum atomic E-state index is 13.7. The zero-order valence-corrected chi connectivity index (χ0v) is 13.3. The van der Waals surface area contributed by atoms with Gasteiger partial charge in [0, 0.05) is 45.7 Å². The van der Waals surface area contributed by atoms with E-state index in [1.165, 1.54) is 13.2 Å². The Morgan fingerprint density at radius 1 is 1.32 bits per heavy atom. The fraction of sp³-hybridized carbons (Fsp3) is 0.562. The molecular weight excluding hydrogens is 285 g/mol. The summed E-state index contributed by atoms with van der Waals surface area (Å²) in [4.78, 5) is 16.1. The fourth-order valence-electron chi connectivity index (χ4n) is 2.61. The van der Waals surface area contributed by atoms with Crippen LogP contribution in [0.2, 0.25) is 0 Å². The molecule has 122 valence electrons. The van der Waals surface area contributed by atoms with E-state index in [4.69, 9.17) is 4.74 Å². The van der Waals surface area contributed by atoms with Crippen molar-refractivity contribution >= 4 is 5.91 Å². The maximum absolute atomic E-state index is 13.7. The monoisotopic (exact) mass is 309 g/mol. The minimum Gasteiger partial charge on any atom is -0.494 e. The molecule has 22 heavy (non-hydrogen) atoms. The Morgan fingerprint density at radius 3 is 2.64 bits per heavy atom. The molecule has 0 atom stereocenters. The number of hydrogen-bond acceptors (Lipinski definition) is 4. The van der Waals surface area contributed by atoms with Crippen molar-refractivity contribution in [3.05, 3.63) is 29.6 Å². The highest BCUT2D eigenvalue weighted by Gasteiger charge is 2.20. The molecule has 0 spiro atoms. The second-order valence-electron chi connectivity index (χ2n) is 5.48. The van der Waals surface area contributed by atoms with Crippen LogP contribution in [0.1, 0.15) is 12.0 Å². The molecule has 0 aliphatic carbocycles. The summed E-state index contributed by atoms with van der Waals surface area (Å²) in [6.45, 7) is 4.52. The molecule has 0 bridgehead atoms. The van der Waals surface area contributed by atoms with Gasteiger partial charge in [-0.3, -0.25) is 9.69 Å². The molecule has 2 rings (SSSR count). The predicted octanol–water partition coefficient (Wildman–Crippen LogP) is 1.09. The number of amides is 1. The van der Waals surface area contributed by atoms with E-state index in [9.17, 15) is 9.18 Å². The van der Waals surface area contributed by atoms with Crippen molar-refractivity contribution in [1.82, 2.24) is 15.1 Å². The third-order valence-electron chi connectivity index (χ3n) is 3.94. The van der Waals surface area contributed by atoms with E-state index in [0.29, 0.717) is 19.5 Å². The van der Waals surface area contributed by atoms with Gasteiger partial charge in [0.05, 0.1) is 7.11 Å². The summed E-state index contributed by atoms with van der Waals surface area (Å²) >= 11 is 0. The molecule has 1 saturated heterocycles. The summed E-state index contributed by atoms with van der Waals surface area (Å²) in [5.74, 6) is 0.133. The Labute approximate surface area is 131 Å². The van der Waals surface area contributed by atoms with Crippen LogP contribution in [0.25, 0.3) is 0 Å². The number of hydrogen-bond donors (Lipinski definition) is 1. The van der Waals surface area contributed by atoms with E-state index in [1.54, 1.807) is 6.07 Å². The largest absolute Gasteiger partial charge is 0.494 e. The van der Waals surface area contributed by atoms with E-state index in [1.807, 2.05) is 18.0 Å². The zero-order chi connectivity index (χ0) is 15.9. The van der Waals surface area contributed by atoms with Gasteiger partial charge in [0.1, 0.15) is 0 Å². The highest BCUT2D eigenvalue weighted by Crippen LogP contribution is 2.19. The highest BCUT2D eigenvalue weighted by atomic mass is 19.1. The van der Waals surface area contributed by atoms with E-state index < -0.39 is 0 Å². The minimum atomic E-state index is -0.333. The zero-order valence-electron chi connectivity index (χ0n) is 13.3. The van der Waals surface area contributed by atoms with Crippen LogP contribution in [0.3, 0.4) is 0 Å². The average Bonchev–Trinajstić information content (AvgIpc) is 2.53. The van der Waals surface area contributed by atoms with Crippen molar-refractivity contribution in [3.63, 3.8) is 0 Å². The Bertz CT molecular complexity index is 502. The third-order valence-corrected chi connectivity index (χ3v) is 3.94. The number of benzene rings is 1. The van der Waals surface area contributed by atoms with E-state index in [-0.39, 0.29) is 17.5 Å². The first-order chi connectivity index (χ1) is 10.6. The molecule has 0 aromatic heterocycles. The lowest BCUT2D eigenvalue weighted by molar-refractivity contribution is -0.132. The van der Waals surface area contributed by atoms with Crippen LogP contribution in [0.5, 0.6) is 5.75 Å². The Balaban J connectivity index is 1.82. The molecule has 1 fully saturated rings. The Hall–Kier alpha value is -1.66. The third kappa shape index (κ3) is 4.42. The summed E-state index contributed by atoms with van der Waals surface area (Å²) in [6.07, 6.45) is 0.542. The van der Waals surface area contributed by atoms with Gasteiger partial charge >= 0.3 is 0 Å². The van der Waals surface area contributed by atoms with Gasteiger partial charge in [-0.1, -0.05) is 6.07 Å². The topological polar surface area (TPSA) is 44.8 Å². The standard InChI is InChI=1S/C16H24FN3O2/c1-18-6-5-16(21)20-9-7-19(8-10-20)12-13-3-4-15(22-2)14(17)11-13/h3-4,11,18H,5-10,12H2,1-2H3. The maximum Gasteiger partial charge on any atom is 0.223 e. The smallest absolute Gasteiger partial charge is 0.223 e. The molecule has 1 heterocycles. The molecule has 1 amide bonds. The van der Waals surface area contributed by atoms with Crippen molar-refractivity contribution in [3.8, 4) is 5.75 Å². The minimum absolute atomic E-state index is 0.199. The molecule has 1 aromatic carbocycles. The Morgan fingerprint density at radius 2 is 2.05 bits per heavy atom. The van der Waals surface area contributed by atoms with Gasteiger partial charge in [0.25, 0.3) is 0 Å². The fourth-order valence-corrected chi connectivity index (χ4v) is 2.61. The van der Waals surface area contributed by atoms with E-state index in [2.05, 4.69) is 10.2 Å². The first kappa shape index (κ1) is 16.7. The second-order valence-corrected chi connectivity index (χ2v) is 5.48. The number of nitrogens with one attached hydrogen (secondary N) is 1. The quantitative estimate of drug-likeness (QED) is 0.854. The molecule has 1 aliphatic rings. The first-order valence-electron chi connectivity index (χ1n) is 7.61. The molecule has 1 aromatic rings. The summed E-state index contributed by atoms with van der Waals surface area (Å²) in [6, 6.07) is 5.05. The summed E-state index contributed by atoms with van der Waals surface area (Å²) in [7, 11) is 3.31. The lowest BCUT2D eigenvalue weighted by Crippen LogP contribution is -2.48.